The molecule has 2 rings (SSSR count). The zero-order chi connectivity index (χ0) is 16.1. The first-order chi connectivity index (χ1) is 10.5. The maximum atomic E-state index is 9.41. The second-order valence-electron chi connectivity index (χ2n) is 5.43. The molecule has 2 atom stereocenters. The van der Waals surface area contributed by atoms with Gasteiger partial charge in [0.15, 0.2) is 0 Å². The van der Waals surface area contributed by atoms with Gasteiger partial charge in [0.1, 0.15) is 6.23 Å². The van der Waals surface area contributed by atoms with Crippen LogP contribution in [0.1, 0.15) is 32.3 Å². The predicted octanol–water partition coefficient (Wildman–Crippen LogP) is 3.73. The number of nitrogens with one attached hydrogen (secondary N) is 2. The molecule has 1 aromatic rings. The summed E-state index contributed by atoms with van der Waals surface area (Å²) in [4.78, 5) is 0. The number of methoxy groups -OCH3 is 1. The molecule has 0 spiro atoms. The topological polar surface area (TPSA) is 53.5 Å². The third-order valence-electron chi connectivity index (χ3n) is 3.56. The molecular formula is C17H23ClN2O2. The summed E-state index contributed by atoms with van der Waals surface area (Å²) in [5, 5.41) is 16.5. The molecule has 0 fully saturated rings. The van der Waals surface area contributed by atoms with Crippen molar-refractivity contribution >= 4 is 22.9 Å². The molecule has 0 radical (unpaired) electrons. The minimum Gasteiger partial charge on any atom is -0.501 e. The van der Waals surface area contributed by atoms with E-state index >= 15 is 0 Å². The highest BCUT2D eigenvalue weighted by Crippen LogP contribution is 2.33. The Morgan fingerprint density at radius 2 is 2.00 bits per heavy atom. The lowest BCUT2D eigenvalue weighted by atomic mass is 9.95. The van der Waals surface area contributed by atoms with Crippen molar-refractivity contribution in [1.29, 1.82) is 0 Å². The van der Waals surface area contributed by atoms with Crippen molar-refractivity contribution in [3.8, 4) is 0 Å². The van der Waals surface area contributed by atoms with Gasteiger partial charge >= 0.3 is 0 Å². The summed E-state index contributed by atoms with van der Waals surface area (Å²) in [6.07, 6.45) is 5.24. The Labute approximate surface area is 136 Å². The van der Waals surface area contributed by atoms with E-state index in [0.717, 1.165) is 29.9 Å². The van der Waals surface area contributed by atoms with Gasteiger partial charge in [-0.25, -0.2) is 0 Å². The summed E-state index contributed by atoms with van der Waals surface area (Å²) in [7, 11) is 1.69. The van der Waals surface area contributed by atoms with E-state index in [0.29, 0.717) is 5.02 Å². The van der Waals surface area contributed by atoms with Crippen LogP contribution in [-0.2, 0) is 4.74 Å². The molecule has 0 saturated carbocycles. The molecule has 3 N–H and O–H groups in total. The molecular weight excluding hydrogens is 300 g/mol. The van der Waals surface area contributed by atoms with Gasteiger partial charge in [-0.2, -0.15) is 0 Å². The molecule has 5 heteroatoms. The SMILES string of the molecule is COC1=CC=C(c2cc(Cl)ccc2NC(C)NC(C)O)CC1. The zero-order valence-corrected chi connectivity index (χ0v) is 13.9. The average molecular weight is 323 g/mol. The third kappa shape index (κ3) is 4.50. The summed E-state index contributed by atoms with van der Waals surface area (Å²) < 4.78 is 5.27. The van der Waals surface area contributed by atoms with E-state index in [1.165, 1.54) is 5.57 Å². The van der Waals surface area contributed by atoms with Crippen LogP contribution >= 0.6 is 11.6 Å². The van der Waals surface area contributed by atoms with E-state index in [4.69, 9.17) is 16.3 Å². The van der Waals surface area contributed by atoms with Gasteiger partial charge in [-0.05, 0) is 50.1 Å². The second kappa shape index (κ2) is 7.68. The predicted molar refractivity (Wildman–Crippen MR) is 91.7 cm³/mol. The molecule has 0 saturated heterocycles. The monoisotopic (exact) mass is 322 g/mol. The Balaban J connectivity index is 2.25. The molecule has 1 aliphatic carbocycles. The molecule has 1 aromatic carbocycles. The van der Waals surface area contributed by atoms with E-state index < -0.39 is 6.23 Å². The van der Waals surface area contributed by atoms with Crippen LogP contribution in [0.15, 0.2) is 36.1 Å². The van der Waals surface area contributed by atoms with Crippen molar-refractivity contribution in [2.24, 2.45) is 0 Å². The Hall–Kier alpha value is -1.49. The lowest BCUT2D eigenvalue weighted by Gasteiger charge is -2.23. The first-order valence-corrected chi connectivity index (χ1v) is 7.81. The van der Waals surface area contributed by atoms with Crippen LogP contribution < -0.4 is 10.6 Å². The lowest BCUT2D eigenvalue weighted by molar-refractivity contribution is 0.147. The Morgan fingerprint density at radius 1 is 1.23 bits per heavy atom. The van der Waals surface area contributed by atoms with E-state index in [1.807, 2.05) is 31.2 Å². The first kappa shape index (κ1) is 16.9. The number of benzene rings is 1. The van der Waals surface area contributed by atoms with Crippen molar-refractivity contribution in [1.82, 2.24) is 5.32 Å². The average Bonchev–Trinajstić information content (AvgIpc) is 2.48. The Morgan fingerprint density at radius 3 is 2.59 bits per heavy atom. The summed E-state index contributed by atoms with van der Waals surface area (Å²) in [5.41, 5.74) is 3.29. The standard InChI is InChI=1S/C17H23ClN2O2/c1-11(19-12(2)21)20-17-9-6-14(18)10-16(17)13-4-7-15(22-3)8-5-13/h4,6-7,9-12,19-21H,5,8H2,1-3H3. The minimum atomic E-state index is -0.570. The van der Waals surface area contributed by atoms with Crippen molar-refractivity contribution in [3.05, 3.63) is 46.7 Å². The van der Waals surface area contributed by atoms with Crippen LogP contribution in [0.3, 0.4) is 0 Å². The normalized spacial score (nSPS) is 17.3. The van der Waals surface area contributed by atoms with Gasteiger partial charge in [0, 0.05) is 22.7 Å². The van der Waals surface area contributed by atoms with Gasteiger partial charge in [0.25, 0.3) is 0 Å². The molecule has 4 nitrogen and oxygen atoms in total. The number of hydrogen-bond donors (Lipinski definition) is 3. The number of ether oxygens (including phenoxy) is 1. The third-order valence-corrected chi connectivity index (χ3v) is 3.80. The fourth-order valence-electron chi connectivity index (χ4n) is 2.56. The number of rotatable bonds is 6. The highest BCUT2D eigenvalue weighted by molar-refractivity contribution is 6.30. The Kier molecular flexibility index (Phi) is 5.89. The first-order valence-electron chi connectivity index (χ1n) is 7.44. The second-order valence-corrected chi connectivity index (χ2v) is 5.86. The molecule has 0 amide bonds. The molecule has 22 heavy (non-hydrogen) atoms. The fraction of sp³-hybridized carbons (Fsp3) is 0.412. The summed E-state index contributed by atoms with van der Waals surface area (Å²) in [6.45, 7) is 3.66. The van der Waals surface area contributed by atoms with Crippen LogP contribution in [0.25, 0.3) is 5.57 Å². The molecule has 120 valence electrons. The molecule has 0 aliphatic heterocycles. The molecule has 0 bridgehead atoms. The fourth-order valence-corrected chi connectivity index (χ4v) is 2.73. The number of allylic oxidation sites excluding steroid dienone is 4. The van der Waals surface area contributed by atoms with Gasteiger partial charge in [0.2, 0.25) is 0 Å². The highest BCUT2D eigenvalue weighted by Gasteiger charge is 2.14. The van der Waals surface area contributed by atoms with Gasteiger partial charge in [-0.1, -0.05) is 17.7 Å². The van der Waals surface area contributed by atoms with E-state index in [9.17, 15) is 5.11 Å². The van der Waals surface area contributed by atoms with Crippen LogP contribution in [0.5, 0.6) is 0 Å². The number of halogens is 1. The number of aliphatic hydroxyl groups excluding tert-OH is 1. The lowest BCUT2D eigenvalue weighted by Crippen LogP contribution is -2.39. The van der Waals surface area contributed by atoms with E-state index in [1.54, 1.807) is 14.0 Å². The van der Waals surface area contributed by atoms with Crippen molar-refractivity contribution in [3.63, 3.8) is 0 Å². The molecule has 2 unspecified atom stereocenters. The van der Waals surface area contributed by atoms with Gasteiger partial charge in [-0.15, -0.1) is 0 Å². The summed E-state index contributed by atoms with van der Waals surface area (Å²) in [6, 6.07) is 5.80. The molecule has 0 heterocycles. The van der Waals surface area contributed by atoms with Crippen LogP contribution in [0.2, 0.25) is 5.02 Å². The smallest absolute Gasteiger partial charge is 0.103 e. The summed E-state index contributed by atoms with van der Waals surface area (Å²) >= 11 is 6.16. The maximum Gasteiger partial charge on any atom is 0.103 e. The van der Waals surface area contributed by atoms with E-state index in [-0.39, 0.29) is 6.17 Å². The van der Waals surface area contributed by atoms with Crippen LogP contribution in [-0.4, -0.2) is 24.6 Å². The maximum absolute atomic E-state index is 9.41. The van der Waals surface area contributed by atoms with Crippen LogP contribution in [0.4, 0.5) is 5.69 Å². The zero-order valence-electron chi connectivity index (χ0n) is 13.2. The number of hydrogen-bond acceptors (Lipinski definition) is 4. The van der Waals surface area contributed by atoms with E-state index in [2.05, 4.69) is 16.7 Å². The Bertz CT molecular complexity index is 582. The number of aliphatic hydroxyl groups is 1. The van der Waals surface area contributed by atoms with Gasteiger partial charge in [-0.3, -0.25) is 5.32 Å². The van der Waals surface area contributed by atoms with Crippen LogP contribution in [0, 0.1) is 0 Å². The van der Waals surface area contributed by atoms with Crippen molar-refractivity contribution < 1.29 is 9.84 Å². The summed E-state index contributed by atoms with van der Waals surface area (Å²) in [5.74, 6) is 0.990. The van der Waals surface area contributed by atoms with Crippen molar-refractivity contribution in [2.75, 3.05) is 12.4 Å². The highest BCUT2D eigenvalue weighted by atomic mass is 35.5. The minimum absolute atomic E-state index is 0.0609. The van der Waals surface area contributed by atoms with Gasteiger partial charge in [0.05, 0.1) is 19.0 Å². The quantitative estimate of drug-likeness (QED) is 0.698. The van der Waals surface area contributed by atoms with Crippen molar-refractivity contribution in [2.45, 2.75) is 39.1 Å². The van der Waals surface area contributed by atoms with Gasteiger partial charge < -0.3 is 15.2 Å². The largest absolute Gasteiger partial charge is 0.501 e. The molecule has 0 aromatic heterocycles. The molecule has 1 aliphatic rings. The number of anilines is 1.